The molecule has 0 spiro atoms. The first-order chi connectivity index (χ1) is 11.8. The maximum absolute atomic E-state index is 9.92. The molecule has 1 fully saturated rings. The third kappa shape index (κ3) is 2.57. The molecule has 1 saturated carbocycles. The van der Waals surface area contributed by atoms with Crippen LogP contribution in [0.5, 0.6) is 5.75 Å². The van der Waals surface area contributed by atoms with Gasteiger partial charge in [-0.3, -0.25) is 0 Å². The molecule has 0 aliphatic heterocycles. The summed E-state index contributed by atoms with van der Waals surface area (Å²) in [5.41, 5.74) is 2.20. The van der Waals surface area contributed by atoms with Crippen molar-refractivity contribution in [1.29, 1.82) is 0 Å². The minimum Gasteiger partial charge on any atom is -0.496 e. The fraction of sp³-hybridized carbons (Fsp3) is 0.429. The third-order valence-corrected chi connectivity index (χ3v) is 5.50. The Labute approximate surface area is 142 Å². The van der Waals surface area contributed by atoms with Gasteiger partial charge in [-0.1, -0.05) is 43.5 Å². The van der Waals surface area contributed by atoms with Gasteiger partial charge in [0, 0.05) is 23.0 Å². The monoisotopic (exact) mass is 323 g/mol. The molecule has 1 aromatic heterocycles. The van der Waals surface area contributed by atoms with Crippen LogP contribution in [0.15, 0.2) is 36.4 Å². The average molecular weight is 323 g/mol. The highest BCUT2D eigenvalue weighted by Gasteiger charge is 2.20. The quantitative estimate of drug-likeness (QED) is 0.743. The van der Waals surface area contributed by atoms with Crippen molar-refractivity contribution in [2.75, 3.05) is 7.11 Å². The molecule has 4 rings (SSSR count). The van der Waals surface area contributed by atoms with E-state index in [1.54, 1.807) is 7.11 Å². The van der Waals surface area contributed by atoms with Gasteiger partial charge < -0.3 is 14.4 Å². The number of hydrogen-bond donors (Lipinski definition) is 1. The van der Waals surface area contributed by atoms with Crippen LogP contribution in [0, 0.1) is 5.92 Å². The molecule has 1 aliphatic rings. The summed E-state index contributed by atoms with van der Waals surface area (Å²) in [5, 5.41) is 13.5. The van der Waals surface area contributed by atoms with Crippen molar-refractivity contribution in [3.05, 3.63) is 42.1 Å². The van der Waals surface area contributed by atoms with E-state index >= 15 is 0 Å². The molecule has 3 heteroatoms. The second-order valence-corrected chi connectivity index (χ2v) is 6.97. The van der Waals surface area contributed by atoms with E-state index in [2.05, 4.69) is 41.0 Å². The molecule has 2 aromatic carbocycles. The van der Waals surface area contributed by atoms with Gasteiger partial charge in [-0.05, 0) is 36.3 Å². The minimum atomic E-state index is 0.0683. The Morgan fingerprint density at radius 3 is 2.62 bits per heavy atom. The van der Waals surface area contributed by atoms with E-state index in [-0.39, 0.29) is 6.61 Å². The molecule has 1 N–H and O–H groups in total. The van der Waals surface area contributed by atoms with Crippen molar-refractivity contribution in [2.45, 2.75) is 45.3 Å². The van der Waals surface area contributed by atoms with Crippen LogP contribution in [-0.2, 0) is 13.2 Å². The van der Waals surface area contributed by atoms with Crippen LogP contribution in [0.4, 0.5) is 0 Å². The van der Waals surface area contributed by atoms with Gasteiger partial charge in [0.15, 0.2) is 0 Å². The smallest absolute Gasteiger partial charge is 0.128 e. The highest BCUT2D eigenvalue weighted by Crippen LogP contribution is 2.37. The first-order valence-electron chi connectivity index (χ1n) is 9.00. The van der Waals surface area contributed by atoms with E-state index in [0.29, 0.717) is 5.92 Å². The Balaban J connectivity index is 1.94. The van der Waals surface area contributed by atoms with Crippen LogP contribution in [-0.4, -0.2) is 16.8 Å². The van der Waals surface area contributed by atoms with Gasteiger partial charge in [0.2, 0.25) is 0 Å². The van der Waals surface area contributed by atoms with Crippen LogP contribution >= 0.6 is 0 Å². The van der Waals surface area contributed by atoms with Gasteiger partial charge in [0.05, 0.1) is 19.2 Å². The van der Waals surface area contributed by atoms with Crippen LogP contribution < -0.4 is 4.74 Å². The van der Waals surface area contributed by atoms with Crippen molar-refractivity contribution < 1.29 is 9.84 Å². The molecule has 0 atom stereocenters. The Morgan fingerprint density at radius 1 is 1.08 bits per heavy atom. The lowest BCUT2D eigenvalue weighted by Crippen LogP contribution is -2.15. The maximum atomic E-state index is 9.92. The molecule has 0 saturated heterocycles. The van der Waals surface area contributed by atoms with Gasteiger partial charge >= 0.3 is 0 Å². The SMILES string of the molecule is COc1cc2ccccc2c2c1cc(CO)n2CC1CCCCC1. The van der Waals surface area contributed by atoms with Crippen LogP contribution in [0.25, 0.3) is 21.7 Å². The lowest BCUT2D eigenvalue weighted by Gasteiger charge is -2.24. The number of hydrogen-bond acceptors (Lipinski definition) is 2. The highest BCUT2D eigenvalue weighted by atomic mass is 16.5. The predicted molar refractivity (Wildman–Crippen MR) is 98.5 cm³/mol. The lowest BCUT2D eigenvalue weighted by molar-refractivity contribution is 0.261. The molecule has 126 valence electrons. The summed E-state index contributed by atoms with van der Waals surface area (Å²) in [6.07, 6.45) is 6.64. The second-order valence-electron chi connectivity index (χ2n) is 6.97. The van der Waals surface area contributed by atoms with E-state index in [9.17, 15) is 5.11 Å². The average Bonchev–Trinajstić information content (AvgIpc) is 3.00. The molecule has 3 aromatic rings. The summed E-state index contributed by atoms with van der Waals surface area (Å²) in [6.45, 7) is 1.06. The summed E-state index contributed by atoms with van der Waals surface area (Å²) in [7, 11) is 1.72. The molecular weight excluding hydrogens is 298 g/mol. The first kappa shape index (κ1) is 15.5. The van der Waals surface area contributed by atoms with Gasteiger partial charge in [0.1, 0.15) is 5.75 Å². The largest absolute Gasteiger partial charge is 0.496 e. The molecule has 3 nitrogen and oxygen atoms in total. The number of nitrogens with zero attached hydrogens (tertiary/aromatic N) is 1. The molecule has 0 radical (unpaired) electrons. The van der Waals surface area contributed by atoms with Crippen LogP contribution in [0.1, 0.15) is 37.8 Å². The van der Waals surface area contributed by atoms with Crippen molar-refractivity contribution in [1.82, 2.24) is 4.57 Å². The topological polar surface area (TPSA) is 34.4 Å². The summed E-state index contributed by atoms with van der Waals surface area (Å²) in [5.74, 6) is 1.60. The number of fused-ring (bicyclic) bond motifs is 3. The van der Waals surface area contributed by atoms with Gasteiger partial charge in [-0.25, -0.2) is 0 Å². The molecule has 1 aliphatic carbocycles. The number of methoxy groups -OCH3 is 1. The summed E-state index contributed by atoms with van der Waals surface area (Å²) in [4.78, 5) is 0. The molecular formula is C21H25NO2. The van der Waals surface area contributed by atoms with Crippen molar-refractivity contribution in [2.24, 2.45) is 5.92 Å². The third-order valence-electron chi connectivity index (χ3n) is 5.50. The summed E-state index contributed by atoms with van der Waals surface area (Å²) >= 11 is 0. The number of rotatable bonds is 4. The van der Waals surface area contributed by atoms with Gasteiger partial charge in [-0.2, -0.15) is 0 Å². The van der Waals surface area contributed by atoms with Crippen molar-refractivity contribution in [3.8, 4) is 5.75 Å². The van der Waals surface area contributed by atoms with E-state index < -0.39 is 0 Å². The van der Waals surface area contributed by atoms with Gasteiger partial charge in [0.25, 0.3) is 0 Å². The Kier molecular flexibility index (Phi) is 4.19. The molecule has 0 unspecified atom stereocenters. The molecule has 0 amide bonds. The second kappa shape index (κ2) is 6.48. The number of aliphatic hydroxyl groups is 1. The summed E-state index contributed by atoms with van der Waals surface area (Å²) < 4.78 is 7.99. The van der Waals surface area contributed by atoms with E-state index in [1.165, 1.54) is 48.4 Å². The Morgan fingerprint density at radius 2 is 1.88 bits per heavy atom. The Hall–Kier alpha value is -2.00. The molecule has 1 heterocycles. The standard InChI is InChI=1S/C21H25NO2/c1-24-20-11-16-9-5-6-10-18(16)21-19(20)12-17(14-23)22(21)13-15-7-3-2-4-8-15/h5-6,9-12,15,23H,2-4,7-8,13-14H2,1H3. The normalized spacial score (nSPS) is 16.1. The van der Waals surface area contributed by atoms with Crippen molar-refractivity contribution in [3.63, 3.8) is 0 Å². The Bertz CT molecular complexity index is 859. The zero-order chi connectivity index (χ0) is 16.5. The highest BCUT2D eigenvalue weighted by molar-refractivity contribution is 6.09. The first-order valence-corrected chi connectivity index (χ1v) is 9.00. The fourth-order valence-electron chi connectivity index (χ4n) is 4.27. The molecule has 0 bridgehead atoms. The van der Waals surface area contributed by atoms with E-state index in [4.69, 9.17) is 4.74 Å². The fourth-order valence-corrected chi connectivity index (χ4v) is 4.27. The number of ether oxygens (including phenoxy) is 1. The number of aromatic nitrogens is 1. The van der Waals surface area contributed by atoms with Crippen LogP contribution in [0.3, 0.4) is 0 Å². The van der Waals surface area contributed by atoms with Crippen LogP contribution in [0.2, 0.25) is 0 Å². The van der Waals surface area contributed by atoms with Gasteiger partial charge in [-0.15, -0.1) is 0 Å². The number of aliphatic hydroxyl groups excluding tert-OH is 1. The lowest BCUT2D eigenvalue weighted by atomic mass is 9.89. The number of benzene rings is 2. The zero-order valence-electron chi connectivity index (χ0n) is 14.3. The zero-order valence-corrected chi connectivity index (χ0v) is 14.3. The van der Waals surface area contributed by atoms with E-state index in [1.807, 2.05) is 0 Å². The minimum absolute atomic E-state index is 0.0683. The van der Waals surface area contributed by atoms with E-state index in [0.717, 1.165) is 23.4 Å². The predicted octanol–water partition coefficient (Wildman–Crippen LogP) is 4.88. The van der Waals surface area contributed by atoms with Crippen molar-refractivity contribution >= 4 is 21.7 Å². The summed E-state index contributed by atoms with van der Waals surface area (Å²) in [6, 6.07) is 12.7. The maximum Gasteiger partial charge on any atom is 0.128 e. The molecule has 24 heavy (non-hydrogen) atoms.